The summed E-state index contributed by atoms with van der Waals surface area (Å²) in [4.78, 5) is 0. The van der Waals surface area contributed by atoms with Crippen molar-refractivity contribution in [1.82, 2.24) is 5.32 Å². The Morgan fingerprint density at radius 2 is 1.94 bits per heavy atom. The monoisotopic (exact) mass is 265 g/mol. The number of hydrogen-bond acceptors (Lipinski definition) is 1. The van der Waals surface area contributed by atoms with E-state index in [-0.39, 0.29) is 0 Å². The van der Waals surface area contributed by atoms with Gasteiger partial charge in [0.25, 0.3) is 0 Å². The van der Waals surface area contributed by atoms with Crippen LogP contribution >= 0.6 is 11.6 Å². The first kappa shape index (κ1) is 13.9. The zero-order valence-electron chi connectivity index (χ0n) is 11.5. The quantitative estimate of drug-likeness (QED) is 0.856. The van der Waals surface area contributed by atoms with Crippen LogP contribution in [0.2, 0.25) is 5.02 Å². The predicted molar refractivity (Wildman–Crippen MR) is 79.1 cm³/mol. The molecule has 1 aromatic carbocycles. The Hall–Kier alpha value is -0.530. The zero-order valence-corrected chi connectivity index (χ0v) is 12.2. The smallest absolute Gasteiger partial charge is 0.0406 e. The molecule has 0 saturated heterocycles. The van der Waals surface area contributed by atoms with E-state index in [1.54, 1.807) is 0 Å². The van der Waals surface area contributed by atoms with E-state index in [0.717, 1.165) is 23.4 Å². The van der Waals surface area contributed by atoms with Crippen molar-refractivity contribution in [2.75, 3.05) is 6.54 Å². The molecule has 1 aliphatic carbocycles. The van der Waals surface area contributed by atoms with Crippen molar-refractivity contribution in [3.8, 4) is 0 Å². The van der Waals surface area contributed by atoms with Crippen molar-refractivity contribution >= 4 is 11.6 Å². The summed E-state index contributed by atoms with van der Waals surface area (Å²) in [6.07, 6.45) is 5.22. The molecule has 1 aliphatic rings. The van der Waals surface area contributed by atoms with Gasteiger partial charge >= 0.3 is 0 Å². The van der Waals surface area contributed by atoms with Crippen LogP contribution in [0.15, 0.2) is 24.3 Å². The molecule has 1 nitrogen and oxygen atoms in total. The van der Waals surface area contributed by atoms with Crippen LogP contribution in [0.4, 0.5) is 0 Å². The maximum atomic E-state index is 5.94. The van der Waals surface area contributed by atoms with Crippen LogP contribution < -0.4 is 5.32 Å². The summed E-state index contributed by atoms with van der Waals surface area (Å²) in [5.74, 6) is 1.65. The van der Waals surface area contributed by atoms with Crippen molar-refractivity contribution in [1.29, 1.82) is 0 Å². The van der Waals surface area contributed by atoms with E-state index in [1.165, 1.54) is 31.2 Å². The summed E-state index contributed by atoms with van der Waals surface area (Å²) >= 11 is 5.94. The third-order valence-corrected chi connectivity index (χ3v) is 4.37. The number of rotatable bonds is 4. The van der Waals surface area contributed by atoms with Crippen molar-refractivity contribution in [3.63, 3.8) is 0 Å². The SMILES string of the molecule is CCNC1CCC(C)CC1Cc1ccc(Cl)cc1. The average Bonchev–Trinajstić information content (AvgIpc) is 2.36. The average molecular weight is 266 g/mol. The lowest BCUT2D eigenvalue weighted by atomic mass is 9.76. The fourth-order valence-electron chi connectivity index (χ4n) is 3.18. The molecule has 0 bridgehead atoms. The van der Waals surface area contributed by atoms with Crippen LogP contribution in [0, 0.1) is 11.8 Å². The van der Waals surface area contributed by atoms with E-state index in [9.17, 15) is 0 Å². The van der Waals surface area contributed by atoms with Crippen LogP contribution in [0.25, 0.3) is 0 Å². The summed E-state index contributed by atoms with van der Waals surface area (Å²) in [6, 6.07) is 9.05. The molecular formula is C16H24ClN. The second-order valence-corrected chi connectivity index (χ2v) is 6.11. The Morgan fingerprint density at radius 3 is 2.61 bits per heavy atom. The first-order valence-electron chi connectivity index (χ1n) is 7.17. The summed E-state index contributed by atoms with van der Waals surface area (Å²) < 4.78 is 0. The third kappa shape index (κ3) is 3.73. The van der Waals surface area contributed by atoms with Crippen LogP contribution in [0.5, 0.6) is 0 Å². The standard InChI is InChI=1S/C16H24ClN/c1-3-18-16-9-4-12(2)10-14(16)11-13-5-7-15(17)8-6-13/h5-8,12,14,16,18H,3-4,9-11H2,1-2H3. The molecular weight excluding hydrogens is 242 g/mol. The number of halogens is 1. The van der Waals surface area contributed by atoms with Gasteiger partial charge in [-0.2, -0.15) is 0 Å². The van der Waals surface area contributed by atoms with Crippen LogP contribution in [-0.2, 0) is 6.42 Å². The largest absolute Gasteiger partial charge is 0.314 e. The normalized spacial score (nSPS) is 28.3. The van der Waals surface area contributed by atoms with Crippen molar-refractivity contribution in [2.45, 2.75) is 45.6 Å². The topological polar surface area (TPSA) is 12.0 Å². The molecule has 3 atom stereocenters. The first-order valence-corrected chi connectivity index (χ1v) is 7.54. The molecule has 3 unspecified atom stereocenters. The van der Waals surface area contributed by atoms with E-state index in [1.807, 2.05) is 12.1 Å². The van der Waals surface area contributed by atoms with Gasteiger partial charge in [0.2, 0.25) is 0 Å². The molecule has 2 heteroatoms. The lowest BCUT2D eigenvalue weighted by Crippen LogP contribution is -2.41. The van der Waals surface area contributed by atoms with Gasteiger partial charge in [0.1, 0.15) is 0 Å². The second kappa shape index (κ2) is 6.58. The highest BCUT2D eigenvalue weighted by Gasteiger charge is 2.27. The van der Waals surface area contributed by atoms with Crippen LogP contribution in [-0.4, -0.2) is 12.6 Å². The highest BCUT2D eigenvalue weighted by Crippen LogP contribution is 2.31. The maximum absolute atomic E-state index is 5.94. The van der Waals surface area contributed by atoms with Crippen molar-refractivity contribution < 1.29 is 0 Å². The lowest BCUT2D eigenvalue weighted by Gasteiger charge is -2.35. The number of nitrogens with one attached hydrogen (secondary N) is 1. The summed E-state index contributed by atoms with van der Waals surface area (Å²) in [6.45, 7) is 5.67. The minimum atomic E-state index is 0.696. The molecule has 1 fully saturated rings. The van der Waals surface area contributed by atoms with Crippen LogP contribution in [0.3, 0.4) is 0 Å². The highest BCUT2D eigenvalue weighted by molar-refractivity contribution is 6.30. The molecule has 0 spiro atoms. The van der Waals surface area contributed by atoms with E-state index in [4.69, 9.17) is 11.6 Å². The van der Waals surface area contributed by atoms with Gasteiger partial charge in [-0.05, 0) is 61.8 Å². The Kier molecular flexibility index (Phi) is 5.08. The van der Waals surface area contributed by atoms with E-state index < -0.39 is 0 Å². The minimum Gasteiger partial charge on any atom is -0.314 e. The van der Waals surface area contributed by atoms with Gasteiger partial charge < -0.3 is 5.32 Å². The molecule has 18 heavy (non-hydrogen) atoms. The van der Waals surface area contributed by atoms with Gasteiger partial charge in [0, 0.05) is 11.1 Å². The van der Waals surface area contributed by atoms with Crippen molar-refractivity contribution in [2.24, 2.45) is 11.8 Å². The van der Waals surface area contributed by atoms with Gasteiger partial charge in [-0.15, -0.1) is 0 Å². The van der Waals surface area contributed by atoms with Gasteiger partial charge in [0.15, 0.2) is 0 Å². The maximum Gasteiger partial charge on any atom is 0.0406 e. The molecule has 0 aromatic heterocycles. The number of benzene rings is 1. The van der Waals surface area contributed by atoms with Crippen molar-refractivity contribution in [3.05, 3.63) is 34.9 Å². The summed E-state index contributed by atoms with van der Waals surface area (Å²) in [5.41, 5.74) is 1.42. The molecule has 1 saturated carbocycles. The Balaban J connectivity index is 2.01. The minimum absolute atomic E-state index is 0.696. The fraction of sp³-hybridized carbons (Fsp3) is 0.625. The van der Waals surface area contributed by atoms with E-state index in [0.29, 0.717) is 6.04 Å². The molecule has 1 aromatic rings. The highest BCUT2D eigenvalue weighted by atomic mass is 35.5. The molecule has 0 aliphatic heterocycles. The molecule has 2 rings (SSSR count). The van der Waals surface area contributed by atoms with Crippen LogP contribution in [0.1, 0.15) is 38.7 Å². The van der Waals surface area contributed by atoms with Gasteiger partial charge in [-0.1, -0.05) is 37.6 Å². The van der Waals surface area contributed by atoms with Gasteiger partial charge in [-0.3, -0.25) is 0 Å². The van der Waals surface area contributed by atoms with E-state index >= 15 is 0 Å². The summed E-state index contributed by atoms with van der Waals surface area (Å²) in [5, 5.41) is 4.49. The third-order valence-electron chi connectivity index (χ3n) is 4.12. The van der Waals surface area contributed by atoms with Gasteiger partial charge in [-0.25, -0.2) is 0 Å². The molecule has 1 N–H and O–H groups in total. The number of hydrogen-bond donors (Lipinski definition) is 1. The molecule has 0 heterocycles. The summed E-state index contributed by atoms with van der Waals surface area (Å²) in [7, 11) is 0. The fourth-order valence-corrected chi connectivity index (χ4v) is 3.30. The lowest BCUT2D eigenvalue weighted by molar-refractivity contribution is 0.214. The second-order valence-electron chi connectivity index (χ2n) is 5.67. The Morgan fingerprint density at radius 1 is 1.22 bits per heavy atom. The van der Waals surface area contributed by atoms with E-state index in [2.05, 4.69) is 31.3 Å². The molecule has 0 radical (unpaired) electrons. The first-order chi connectivity index (χ1) is 8.69. The Labute approximate surface area is 116 Å². The molecule has 100 valence electrons. The van der Waals surface area contributed by atoms with Gasteiger partial charge in [0.05, 0.1) is 0 Å². The predicted octanol–water partition coefficient (Wildman–Crippen LogP) is 4.30. The molecule has 0 amide bonds. The zero-order chi connectivity index (χ0) is 13.0. The Bertz CT molecular complexity index is 360.